The topological polar surface area (TPSA) is 78.9 Å². The molecular weight excluding hydrogens is 272 g/mol. The van der Waals surface area contributed by atoms with Crippen LogP contribution < -0.4 is 10.1 Å². The lowest BCUT2D eigenvalue weighted by Crippen LogP contribution is -2.40. The minimum Gasteiger partial charge on any atom is -0.494 e. The van der Waals surface area contributed by atoms with Crippen LogP contribution in [0.15, 0.2) is 24.3 Å². The summed E-state index contributed by atoms with van der Waals surface area (Å²) >= 11 is 0. The fourth-order valence-electron chi connectivity index (χ4n) is 1.73. The number of ether oxygens (including phenoxy) is 1. The second-order valence-corrected chi connectivity index (χ2v) is 4.68. The van der Waals surface area contributed by atoms with E-state index < -0.39 is 12.0 Å². The van der Waals surface area contributed by atoms with Gasteiger partial charge in [0.25, 0.3) is 0 Å². The molecular formula is C15H22N2O4. The van der Waals surface area contributed by atoms with Crippen molar-refractivity contribution >= 4 is 12.0 Å². The third-order valence-electron chi connectivity index (χ3n) is 2.95. The first kappa shape index (κ1) is 16.8. The fourth-order valence-corrected chi connectivity index (χ4v) is 1.73. The van der Waals surface area contributed by atoms with Gasteiger partial charge in [-0.2, -0.15) is 0 Å². The second-order valence-electron chi connectivity index (χ2n) is 4.68. The zero-order valence-electron chi connectivity index (χ0n) is 12.5. The Kier molecular flexibility index (Phi) is 7.08. The van der Waals surface area contributed by atoms with Crippen LogP contribution in [-0.4, -0.2) is 48.8 Å². The number of carbonyl (C=O) groups excluding carboxylic acids is 1. The van der Waals surface area contributed by atoms with Gasteiger partial charge >= 0.3 is 12.0 Å². The van der Waals surface area contributed by atoms with E-state index in [1.54, 1.807) is 7.05 Å². The van der Waals surface area contributed by atoms with Crippen molar-refractivity contribution in [1.29, 1.82) is 0 Å². The molecule has 0 aromatic heterocycles. The quantitative estimate of drug-likeness (QED) is 0.716. The Morgan fingerprint density at radius 2 is 2.14 bits per heavy atom. The molecule has 0 aliphatic heterocycles. The normalized spacial score (nSPS) is 10.0. The molecule has 6 nitrogen and oxygen atoms in total. The van der Waals surface area contributed by atoms with Gasteiger partial charge in [-0.05, 0) is 30.5 Å². The number of carbonyl (C=O) groups is 2. The number of carboxylic acids is 1. The Morgan fingerprint density at radius 3 is 2.81 bits per heavy atom. The largest absolute Gasteiger partial charge is 0.494 e. The van der Waals surface area contributed by atoms with Gasteiger partial charge in [0.15, 0.2) is 0 Å². The monoisotopic (exact) mass is 294 g/mol. The Labute approximate surface area is 124 Å². The van der Waals surface area contributed by atoms with Crippen molar-refractivity contribution in [1.82, 2.24) is 10.2 Å². The summed E-state index contributed by atoms with van der Waals surface area (Å²) in [5, 5.41) is 10.8. The van der Waals surface area contributed by atoms with Crippen molar-refractivity contribution in [2.45, 2.75) is 19.8 Å². The highest BCUT2D eigenvalue weighted by atomic mass is 16.5. The summed E-state index contributed by atoms with van der Waals surface area (Å²) in [5.74, 6) is -0.233. The molecule has 0 atom stereocenters. The molecule has 0 spiro atoms. The Morgan fingerprint density at radius 1 is 1.38 bits per heavy atom. The van der Waals surface area contributed by atoms with E-state index in [1.165, 1.54) is 10.5 Å². The Balaban J connectivity index is 2.23. The summed E-state index contributed by atoms with van der Waals surface area (Å²) in [6, 6.07) is 7.52. The van der Waals surface area contributed by atoms with E-state index in [4.69, 9.17) is 9.84 Å². The molecule has 0 saturated carbocycles. The van der Waals surface area contributed by atoms with Gasteiger partial charge < -0.3 is 20.1 Å². The third kappa shape index (κ3) is 6.65. The lowest BCUT2D eigenvalue weighted by atomic mass is 10.2. The van der Waals surface area contributed by atoms with Crippen LogP contribution in [-0.2, 0) is 11.2 Å². The number of aliphatic carboxylic acids is 1. The number of hydrogen-bond acceptors (Lipinski definition) is 3. The highest BCUT2D eigenvalue weighted by Crippen LogP contribution is 2.13. The van der Waals surface area contributed by atoms with Crippen molar-refractivity contribution in [2.75, 3.05) is 26.7 Å². The van der Waals surface area contributed by atoms with Gasteiger partial charge in [0.2, 0.25) is 0 Å². The van der Waals surface area contributed by atoms with E-state index in [2.05, 4.69) is 12.2 Å². The maximum Gasteiger partial charge on any atom is 0.323 e. The number of rotatable bonds is 8. The molecule has 2 N–H and O–H groups in total. The van der Waals surface area contributed by atoms with Crippen LogP contribution in [0.5, 0.6) is 5.75 Å². The van der Waals surface area contributed by atoms with E-state index in [0.29, 0.717) is 19.6 Å². The number of nitrogens with zero attached hydrogens (tertiary/aromatic N) is 1. The van der Waals surface area contributed by atoms with E-state index in [9.17, 15) is 9.59 Å². The van der Waals surface area contributed by atoms with Crippen LogP contribution in [0.4, 0.5) is 4.79 Å². The average Bonchev–Trinajstić information content (AvgIpc) is 2.49. The second kappa shape index (κ2) is 8.84. The molecule has 0 fully saturated rings. The molecule has 0 saturated heterocycles. The van der Waals surface area contributed by atoms with E-state index in [1.807, 2.05) is 24.3 Å². The highest BCUT2D eigenvalue weighted by molar-refractivity contribution is 5.79. The third-order valence-corrected chi connectivity index (χ3v) is 2.95. The zero-order chi connectivity index (χ0) is 15.7. The van der Waals surface area contributed by atoms with Crippen LogP contribution in [0.2, 0.25) is 0 Å². The first-order valence-electron chi connectivity index (χ1n) is 6.95. The van der Waals surface area contributed by atoms with Gasteiger partial charge in [0, 0.05) is 13.6 Å². The van der Waals surface area contributed by atoms with Gasteiger partial charge in [-0.25, -0.2) is 4.79 Å². The van der Waals surface area contributed by atoms with Crippen molar-refractivity contribution in [3.8, 4) is 5.75 Å². The van der Waals surface area contributed by atoms with Gasteiger partial charge in [-0.15, -0.1) is 0 Å². The molecule has 1 rings (SSSR count). The Hall–Kier alpha value is -2.24. The number of hydrogen-bond donors (Lipinski definition) is 2. The smallest absolute Gasteiger partial charge is 0.323 e. The molecule has 21 heavy (non-hydrogen) atoms. The number of amides is 2. The maximum absolute atomic E-state index is 11.5. The fraction of sp³-hybridized carbons (Fsp3) is 0.467. The summed E-state index contributed by atoms with van der Waals surface area (Å²) < 4.78 is 5.62. The summed E-state index contributed by atoms with van der Waals surface area (Å²) in [6.07, 6.45) is 1.64. The summed E-state index contributed by atoms with van der Waals surface area (Å²) in [7, 11) is 1.62. The van der Waals surface area contributed by atoms with Crippen molar-refractivity contribution in [3.63, 3.8) is 0 Å². The Bertz CT molecular complexity index is 476. The molecule has 0 bridgehead atoms. The first-order chi connectivity index (χ1) is 10.0. The molecule has 0 aliphatic carbocycles. The number of carboxylic acid groups (broad SMARTS) is 1. The standard InChI is InChI=1S/C15H22N2O4/c1-3-12-6-4-7-13(10-12)21-9-5-8-17(2)15(20)16-11-14(18)19/h4,6-7,10H,3,5,8-9,11H2,1-2H3,(H,16,20)(H,18,19). The predicted molar refractivity (Wildman–Crippen MR) is 79.6 cm³/mol. The van der Waals surface area contributed by atoms with Gasteiger partial charge in [0.1, 0.15) is 12.3 Å². The van der Waals surface area contributed by atoms with Gasteiger partial charge in [-0.1, -0.05) is 19.1 Å². The van der Waals surface area contributed by atoms with E-state index in [-0.39, 0.29) is 6.54 Å². The van der Waals surface area contributed by atoms with Crippen molar-refractivity contribution in [2.24, 2.45) is 0 Å². The summed E-state index contributed by atoms with van der Waals surface area (Å²) in [6.45, 7) is 2.72. The number of urea groups is 1. The SMILES string of the molecule is CCc1cccc(OCCCN(C)C(=O)NCC(=O)O)c1. The molecule has 0 radical (unpaired) electrons. The molecule has 0 heterocycles. The first-order valence-corrected chi connectivity index (χ1v) is 6.95. The number of aryl methyl sites for hydroxylation is 1. The number of benzene rings is 1. The van der Waals surface area contributed by atoms with Crippen LogP contribution in [0.25, 0.3) is 0 Å². The van der Waals surface area contributed by atoms with Crippen molar-refractivity contribution in [3.05, 3.63) is 29.8 Å². The lowest BCUT2D eigenvalue weighted by molar-refractivity contribution is -0.135. The minimum atomic E-state index is -1.06. The van der Waals surface area contributed by atoms with Crippen molar-refractivity contribution < 1.29 is 19.4 Å². The van der Waals surface area contributed by atoms with Crippen LogP contribution >= 0.6 is 0 Å². The molecule has 0 unspecified atom stereocenters. The minimum absolute atomic E-state index is 0.372. The molecule has 2 amide bonds. The predicted octanol–water partition coefficient (Wildman–Crippen LogP) is 1.74. The van der Waals surface area contributed by atoms with Gasteiger partial charge in [-0.3, -0.25) is 4.79 Å². The van der Waals surface area contributed by atoms with Crippen LogP contribution in [0, 0.1) is 0 Å². The van der Waals surface area contributed by atoms with Crippen LogP contribution in [0.1, 0.15) is 18.9 Å². The van der Waals surface area contributed by atoms with E-state index >= 15 is 0 Å². The molecule has 6 heteroatoms. The lowest BCUT2D eigenvalue weighted by Gasteiger charge is -2.17. The zero-order valence-corrected chi connectivity index (χ0v) is 12.5. The number of nitrogens with one attached hydrogen (secondary N) is 1. The molecule has 116 valence electrons. The summed E-state index contributed by atoms with van der Waals surface area (Å²) in [4.78, 5) is 23.3. The maximum atomic E-state index is 11.5. The molecule has 0 aliphatic rings. The summed E-state index contributed by atoms with van der Waals surface area (Å²) in [5.41, 5.74) is 1.22. The molecule has 1 aromatic carbocycles. The molecule has 1 aromatic rings. The van der Waals surface area contributed by atoms with E-state index in [0.717, 1.165) is 12.2 Å². The highest BCUT2D eigenvalue weighted by Gasteiger charge is 2.08. The van der Waals surface area contributed by atoms with Crippen LogP contribution in [0.3, 0.4) is 0 Å². The average molecular weight is 294 g/mol. The van der Waals surface area contributed by atoms with Gasteiger partial charge in [0.05, 0.1) is 6.61 Å².